The van der Waals surface area contributed by atoms with Crippen LogP contribution in [0.15, 0.2) is 36.5 Å². The van der Waals surface area contributed by atoms with Crippen LogP contribution in [0.1, 0.15) is 27.6 Å². The molecule has 6 heteroatoms. The number of carbonyl (C=O) groups is 2. The van der Waals surface area contributed by atoms with Crippen molar-refractivity contribution in [1.82, 2.24) is 4.98 Å². The van der Waals surface area contributed by atoms with Crippen molar-refractivity contribution in [1.29, 1.82) is 0 Å². The lowest BCUT2D eigenvalue weighted by Gasteiger charge is -2.11. The maximum absolute atomic E-state index is 11.6. The zero-order valence-electron chi connectivity index (χ0n) is 10.8. The van der Waals surface area contributed by atoms with Gasteiger partial charge in [-0.05, 0) is 37.3 Å². The number of Topliss-reactive ketones (excluding diaryl/α,β-unsaturated/α-hetero) is 1. The average molecular weight is 271 g/mol. The molecule has 102 valence electrons. The number of hydrogen-bond donors (Lipinski definition) is 2. The number of pyridine rings is 1. The summed E-state index contributed by atoms with van der Waals surface area (Å²) in [6.07, 6.45) is 1.46. The summed E-state index contributed by atoms with van der Waals surface area (Å²) in [5.74, 6) is -0.544. The molecule has 2 rings (SSSR count). The Morgan fingerprint density at radius 2 is 1.95 bits per heavy atom. The number of primary amides is 1. The highest BCUT2D eigenvalue weighted by molar-refractivity contribution is 5.98. The van der Waals surface area contributed by atoms with E-state index in [9.17, 15) is 9.59 Å². The van der Waals surface area contributed by atoms with Crippen molar-refractivity contribution < 1.29 is 14.3 Å². The molecular weight excluding hydrogens is 258 g/mol. The first kappa shape index (κ1) is 13.5. The van der Waals surface area contributed by atoms with E-state index in [1.807, 2.05) is 0 Å². The highest BCUT2D eigenvalue weighted by atomic mass is 16.5. The zero-order chi connectivity index (χ0) is 14.7. The largest absolute Gasteiger partial charge is 0.437 e. The van der Waals surface area contributed by atoms with E-state index < -0.39 is 5.91 Å². The van der Waals surface area contributed by atoms with Gasteiger partial charge in [0.1, 0.15) is 11.3 Å². The number of hydrogen-bond acceptors (Lipinski definition) is 5. The van der Waals surface area contributed by atoms with Gasteiger partial charge in [-0.3, -0.25) is 9.59 Å². The molecule has 0 aliphatic rings. The fourth-order valence-electron chi connectivity index (χ4n) is 1.68. The molecule has 0 aliphatic heterocycles. The highest BCUT2D eigenvalue weighted by Crippen LogP contribution is 2.28. The van der Waals surface area contributed by atoms with Crippen LogP contribution in [0.3, 0.4) is 0 Å². The first-order valence-electron chi connectivity index (χ1n) is 5.82. The van der Waals surface area contributed by atoms with Crippen molar-refractivity contribution in [3.63, 3.8) is 0 Å². The molecule has 1 aromatic heterocycles. The molecule has 0 bridgehead atoms. The van der Waals surface area contributed by atoms with Gasteiger partial charge in [0.25, 0.3) is 5.91 Å². The minimum absolute atomic E-state index is 0.0484. The number of ether oxygens (including phenoxy) is 1. The Hall–Kier alpha value is -2.89. The summed E-state index contributed by atoms with van der Waals surface area (Å²) in [7, 11) is 0. The van der Waals surface area contributed by atoms with Gasteiger partial charge in [-0.15, -0.1) is 0 Å². The van der Waals surface area contributed by atoms with Crippen LogP contribution in [0.2, 0.25) is 0 Å². The fraction of sp³-hybridized carbons (Fsp3) is 0.0714. The molecule has 0 radical (unpaired) electrons. The van der Waals surface area contributed by atoms with Gasteiger partial charge in [0.05, 0.1) is 5.56 Å². The quantitative estimate of drug-likeness (QED) is 0.650. The lowest BCUT2D eigenvalue weighted by molar-refractivity contribution is 0.0996. The van der Waals surface area contributed by atoms with Crippen LogP contribution in [0.4, 0.5) is 5.69 Å². The van der Waals surface area contributed by atoms with E-state index in [0.29, 0.717) is 11.3 Å². The average Bonchev–Trinajstić information content (AvgIpc) is 2.41. The van der Waals surface area contributed by atoms with Crippen molar-refractivity contribution in [2.75, 3.05) is 5.73 Å². The van der Waals surface area contributed by atoms with Gasteiger partial charge in [-0.1, -0.05) is 0 Å². The third-order valence-electron chi connectivity index (χ3n) is 2.63. The standard InChI is InChI=1S/C14H13N3O3/c1-8(18)11-7-9(15)4-5-12(11)20-14-10(13(16)19)3-2-6-17-14/h2-7H,15H2,1H3,(H2,16,19). The molecule has 0 saturated carbocycles. The van der Waals surface area contributed by atoms with Gasteiger partial charge in [0.2, 0.25) is 5.88 Å². The second kappa shape index (κ2) is 5.40. The Kier molecular flexibility index (Phi) is 3.65. The first-order valence-corrected chi connectivity index (χ1v) is 5.82. The van der Waals surface area contributed by atoms with Gasteiger partial charge in [-0.2, -0.15) is 0 Å². The summed E-state index contributed by atoms with van der Waals surface area (Å²) in [6.45, 7) is 1.40. The number of anilines is 1. The predicted molar refractivity (Wildman–Crippen MR) is 73.7 cm³/mol. The number of amides is 1. The summed E-state index contributed by atoms with van der Waals surface area (Å²) >= 11 is 0. The molecule has 0 spiro atoms. The zero-order valence-corrected chi connectivity index (χ0v) is 10.8. The molecule has 1 amide bonds. The summed E-state index contributed by atoms with van der Waals surface area (Å²) in [4.78, 5) is 26.8. The van der Waals surface area contributed by atoms with Crippen LogP contribution in [0, 0.1) is 0 Å². The number of carbonyl (C=O) groups excluding carboxylic acids is 2. The minimum Gasteiger partial charge on any atom is -0.437 e. The smallest absolute Gasteiger partial charge is 0.254 e. The molecule has 0 aliphatic carbocycles. The van der Waals surface area contributed by atoms with E-state index in [-0.39, 0.29) is 23.0 Å². The molecule has 0 unspecified atom stereocenters. The Labute approximate surface area is 115 Å². The second-order valence-corrected chi connectivity index (χ2v) is 4.13. The van der Waals surface area contributed by atoms with Crippen molar-refractivity contribution in [3.05, 3.63) is 47.7 Å². The third-order valence-corrected chi connectivity index (χ3v) is 2.63. The molecule has 0 atom stereocenters. The molecule has 0 saturated heterocycles. The first-order chi connectivity index (χ1) is 9.49. The summed E-state index contributed by atoms with van der Waals surface area (Å²) in [6, 6.07) is 7.71. The number of ketones is 1. The summed E-state index contributed by atoms with van der Waals surface area (Å²) in [5.41, 5.74) is 11.8. The van der Waals surface area contributed by atoms with Crippen LogP contribution in [-0.2, 0) is 0 Å². The van der Waals surface area contributed by atoms with Crippen LogP contribution in [0.25, 0.3) is 0 Å². The van der Waals surface area contributed by atoms with Gasteiger partial charge >= 0.3 is 0 Å². The van der Waals surface area contributed by atoms with E-state index in [0.717, 1.165) is 0 Å². The SMILES string of the molecule is CC(=O)c1cc(N)ccc1Oc1ncccc1C(N)=O. The van der Waals surface area contributed by atoms with Crippen molar-refractivity contribution in [2.24, 2.45) is 5.73 Å². The topological polar surface area (TPSA) is 108 Å². The van der Waals surface area contributed by atoms with Gasteiger partial charge in [0, 0.05) is 11.9 Å². The lowest BCUT2D eigenvalue weighted by Crippen LogP contribution is -2.13. The van der Waals surface area contributed by atoms with E-state index in [4.69, 9.17) is 16.2 Å². The number of rotatable bonds is 4. The van der Waals surface area contributed by atoms with Gasteiger partial charge in [-0.25, -0.2) is 4.98 Å². The maximum atomic E-state index is 11.6. The van der Waals surface area contributed by atoms with Crippen molar-refractivity contribution >= 4 is 17.4 Å². The van der Waals surface area contributed by atoms with Crippen molar-refractivity contribution in [3.8, 4) is 11.6 Å². The molecule has 2 aromatic rings. The van der Waals surface area contributed by atoms with Crippen LogP contribution in [0.5, 0.6) is 11.6 Å². The Morgan fingerprint density at radius 1 is 1.20 bits per heavy atom. The minimum atomic E-state index is -0.659. The number of nitrogen functional groups attached to an aromatic ring is 1. The molecule has 1 heterocycles. The van der Waals surface area contributed by atoms with Crippen LogP contribution >= 0.6 is 0 Å². The number of benzene rings is 1. The Bertz CT molecular complexity index is 683. The number of nitrogens with two attached hydrogens (primary N) is 2. The van der Waals surface area contributed by atoms with Gasteiger partial charge in [0.15, 0.2) is 5.78 Å². The molecular formula is C14H13N3O3. The molecule has 6 nitrogen and oxygen atoms in total. The van der Waals surface area contributed by atoms with E-state index >= 15 is 0 Å². The number of nitrogens with zero attached hydrogens (tertiary/aromatic N) is 1. The van der Waals surface area contributed by atoms with Gasteiger partial charge < -0.3 is 16.2 Å². The van der Waals surface area contributed by atoms with E-state index in [2.05, 4.69) is 4.98 Å². The predicted octanol–water partition coefficient (Wildman–Crippen LogP) is 1.76. The Balaban J connectivity index is 2.45. The normalized spacial score (nSPS) is 10.1. The summed E-state index contributed by atoms with van der Waals surface area (Å²) in [5, 5.41) is 0. The highest BCUT2D eigenvalue weighted by Gasteiger charge is 2.15. The molecule has 1 aromatic carbocycles. The van der Waals surface area contributed by atoms with E-state index in [1.54, 1.807) is 18.2 Å². The molecule has 0 fully saturated rings. The lowest BCUT2D eigenvalue weighted by atomic mass is 10.1. The second-order valence-electron chi connectivity index (χ2n) is 4.13. The molecule has 20 heavy (non-hydrogen) atoms. The van der Waals surface area contributed by atoms with Crippen molar-refractivity contribution in [2.45, 2.75) is 6.92 Å². The van der Waals surface area contributed by atoms with Crippen LogP contribution in [-0.4, -0.2) is 16.7 Å². The maximum Gasteiger partial charge on any atom is 0.254 e. The van der Waals surface area contributed by atoms with E-state index in [1.165, 1.54) is 25.3 Å². The fourth-order valence-corrected chi connectivity index (χ4v) is 1.68. The summed E-state index contributed by atoms with van der Waals surface area (Å²) < 4.78 is 5.53. The monoisotopic (exact) mass is 271 g/mol. The Morgan fingerprint density at radius 3 is 2.60 bits per heavy atom. The van der Waals surface area contributed by atoms with Crippen LogP contribution < -0.4 is 16.2 Å². The third kappa shape index (κ3) is 2.74. The molecule has 4 N–H and O–H groups in total. The number of aromatic nitrogens is 1.